The monoisotopic (exact) mass is 250 g/mol. The highest BCUT2D eigenvalue weighted by molar-refractivity contribution is 5.81. The summed E-state index contributed by atoms with van der Waals surface area (Å²) < 4.78 is 9.81. The summed E-state index contributed by atoms with van der Waals surface area (Å²) >= 11 is 0. The smallest absolute Gasteiger partial charge is 0.252 e. The van der Waals surface area contributed by atoms with Crippen LogP contribution in [-0.2, 0) is 14.3 Å². The lowest BCUT2D eigenvalue weighted by Crippen LogP contribution is -2.62. The molecule has 0 radical (unpaired) electrons. The number of hydrogen-bond acceptors (Lipinski definition) is 7. The summed E-state index contributed by atoms with van der Waals surface area (Å²) in [7, 11) is 1.26. The van der Waals surface area contributed by atoms with E-state index in [1.165, 1.54) is 7.11 Å². The molecular weight excluding hydrogens is 232 g/mol. The Morgan fingerprint density at radius 3 is 2.53 bits per heavy atom. The minimum Gasteiger partial charge on any atom is -0.387 e. The average molecular weight is 250 g/mol. The van der Waals surface area contributed by atoms with Crippen LogP contribution in [0.3, 0.4) is 0 Å². The fraction of sp³-hybridized carbons (Fsp3) is 0.889. The third kappa shape index (κ3) is 3.12. The zero-order valence-electron chi connectivity index (χ0n) is 9.44. The Morgan fingerprint density at radius 1 is 1.35 bits per heavy atom. The van der Waals surface area contributed by atoms with E-state index in [-0.39, 0.29) is 13.1 Å². The molecule has 0 spiro atoms. The first-order chi connectivity index (χ1) is 8.02. The maximum absolute atomic E-state index is 11.6. The van der Waals surface area contributed by atoms with E-state index in [9.17, 15) is 20.1 Å². The topological polar surface area (TPSA) is 134 Å². The van der Waals surface area contributed by atoms with E-state index < -0.39 is 36.6 Å². The van der Waals surface area contributed by atoms with Gasteiger partial charge < -0.3 is 35.8 Å². The molecule has 5 atom stereocenters. The van der Waals surface area contributed by atoms with Crippen molar-refractivity contribution in [3.63, 3.8) is 0 Å². The lowest BCUT2D eigenvalue weighted by atomic mass is 9.98. The molecule has 6 N–H and O–H groups in total. The summed E-state index contributed by atoms with van der Waals surface area (Å²) in [5.41, 5.74) is 5.21. The zero-order valence-corrected chi connectivity index (χ0v) is 9.44. The molecule has 1 heterocycles. The highest BCUT2D eigenvalue weighted by Gasteiger charge is 2.46. The summed E-state index contributed by atoms with van der Waals surface area (Å²) in [5.74, 6) is -0.615. The molecule has 0 saturated carbocycles. The fourth-order valence-corrected chi connectivity index (χ4v) is 1.56. The first kappa shape index (κ1) is 14.3. The third-order valence-corrected chi connectivity index (χ3v) is 2.50. The van der Waals surface area contributed by atoms with Crippen molar-refractivity contribution in [3.8, 4) is 0 Å². The number of hydrogen-bond donors (Lipinski definition) is 5. The second-order valence-electron chi connectivity index (χ2n) is 3.71. The van der Waals surface area contributed by atoms with Crippen LogP contribution >= 0.6 is 0 Å². The van der Waals surface area contributed by atoms with E-state index in [0.29, 0.717) is 0 Å². The van der Waals surface area contributed by atoms with Gasteiger partial charge in [0.05, 0.1) is 0 Å². The van der Waals surface area contributed by atoms with Gasteiger partial charge in [0.25, 0.3) is 5.91 Å². The second-order valence-corrected chi connectivity index (χ2v) is 3.71. The molecule has 0 aromatic carbocycles. The lowest BCUT2D eigenvalue weighted by molar-refractivity contribution is -0.283. The van der Waals surface area contributed by atoms with Crippen LogP contribution in [0.15, 0.2) is 0 Å². The summed E-state index contributed by atoms with van der Waals surface area (Å²) in [6.07, 6.45) is -6.91. The number of methoxy groups -OCH3 is 1. The van der Waals surface area contributed by atoms with Gasteiger partial charge in [0.15, 0.2) is 12.4 Å². The van der Waals surface area contributed by atoms with Crippen LogP contribution in [0.2, 0.25) is 0 Å². The largest absolute Gasteiger partial charge is 0.387 e. The van der Waals surface area contributed by atoms with Gasteiger partial charge in [-0.15, -0.1) is 0 Å². The standard InChI is InChI=1S/C9H18N2O6/c1-16-9-6(14)4(12)5(13)7(17-9)8(15)11-3-2-10/h4-7,9,12-14H,2-3,10H2,1H3,(H,11,15)/t4-,5-,6+,7-,9+/m0/s1. The molecule has 1 aliphatic heterocycles. The zero-order chi connectivity index (χ0) is 13.0. The maximum Gasteiger partial charge on any atom is 0.252 e. The molecule has 17 heavy (non-hydrogen) atoms. The molecule has 8 nitrogen and oxygen atoms in total. The van der Waals surface area contributed by atoms with Gasteiger partial charge in [-0.25, -0.2) is 0 Å². The molecule has 1 rings (SSSR count). The maximum atomic E-state index is 11.6. The van der Waals surface area contributed by atoms with Gasteiger partial charge in [-0.2, -0.15) is 0 Å². The van der Waals surface area contributed by atoms with Gasteiger partial charge in [0.1, 0.15) is 18.3 Å². The van der Waals surface area contributed by atoms with E-state index in [1.54, 1.807) is 0 Å². The number of rotatable bonds is 4. The van der Waals surface area contributed by atoms with Crippen molar-refractivity contribution in [1.29, 1.82) is 0 Å². The summed E-state index contributed by atoms with van der Waals surface area (Å²) in [6, 6.07) is 0. The molecule has 0 aromatic rings. The molecule has 8 heteroatoms. The van der Waals surface area contributed by atoms with E-state index in [0.717, 1.165) is 0 Å². The second kappa shape index (κ2) is 6.24. The fourth-order valence-electron chi connectivity index (χ4n) is 1.56. The predicted molar refractivity (Wildman–Crippen MR) is 55.8 cm³/mol. The average Bonchev–Trinajstić information content (AvgIpc) is 2.33. The summed E-state index contributed by atoms with van der Waals surface area (Å²) in [6.45, 7) is 0.467. The van der Waals surface area contributed by atoms with Crippen molar-refractivity contribution in [3.05, 3.63) is 0 Å². The van der Waals surface area contributed by atoms with Crippen LogP contribution in [-0.4, -0.2) is 72.1 Å². The molecule has 0 unspecified atom stereocenters. The SMILES string of the molecule is CO[C@@H]1O[C@H](C(=O)NCCN)[C@@H](O)[C@H](O)[C@H]1O. The van der Waals surface area contributed by atoms with Crippen LogP contribution in [0.1, 0.15) is 0 Å². The quantitative estimate of drug-likeness (QED) is 0.349. The van der Waals surface area contributed by atoms with Crippen LogP contribution in [0.4, 0.5) is 0 Å². The molecule has 0 bridgehead atoms. The Labute approximate surface area is 98.3 Å². The van der Waals surface area contributed by atoms with Crippen molar-refractivity contribution in [1.82, 2.24) is 5.32 Å². The molecule has 1 saturated heterocycles. The third-order valence-electron chi connectivity index (χ3n) is 2.50. The van der Waals surface area contributed by atoms with Crippen molar-refractivity contribution in [2.45, 2.75) is 30.7 Å². The van der Waals surface area contributed by atoms with Crippen molar-refractivity contribution in [2.75, 3.05) is 20.2 Å². The van der Waals surface area contributed by atoms with Crippen molar-refractivity contribution in [2.24, 2.45) is 5.73 Å². The van der Waals surface area contributed by atoms with Gasteiger partial charge in [-0.05, 0) is 0 Å². The normalized spacial score (nSPS) is 37.8. The number of ether oxygens (including phenoxy) is 2. The Bertz CT molecular complexity index is 262. The van der Waals surface area contributed by atoms with Gasteiger partial charge in [-0.3, -0.25) is 4.79 Å². The number of carbonyl (C=O) groups excluding carboxylic acids is 1. The van der Waals surface area contributed by atoms with Crippen LogP contribution < -0.4 is 11.1 Å². The molecule has 1 aliphatic rings. The molecule has 1 fully saturated rings. The predicted octanol–water partition coefficient (Wildman–Crippen LogP) is -3.48. The summed E-state index contributed by atoms with van der Waals surface area (Å²) in [5, 5.41) is 31.0. The molecular formula is C9H18N2O6. The Hall–Kier alpha value is -0.770. The number of aliphatic hydroxyl groups excluding tert-OH is 3. The Morgan fingerprint density at radius 2 is 2.00 bits per heavy atom. The van der Waals surface area contributed by atoms with E-state index in [4.69, 9.17) is 15.2 Å². The van der Waals surface area contributed by atoms with Gasteiger partial charge in [-0.1, -0.05) is 0 Å². The number of amides is 1. The molecule has 0 aromatic heterocycles. The van der Waals surface area contributed by atoms with E-state index in [1.807, 2.05) is 0 Å². The van der Waals surface area contributed by atoms with Gasteiger partial charge >= 0.3 is 0 Å². The molecule has 0 aliphatic carbocycles. The minimum absolute atomic E-state index is 0.224. The number of carbonyl (C=O) groups is 1. The number of nitrogens with two attached hydrogens (primary N) is 1. The van der Waals surface area contributed by atoms with Gasteiger partial charge in [0.2, 0.25) is 0 Å². The molecule has 100 valence electrons. The lowest BCUT2D eigenvalue weighted by Gasteiger charge is -2.38. The van der Waals surface area contributed by atoms with Crippen LogP contribution in [0.25, 0.3) is 0 Å². The van der Waals surface area contributed by atoms with Crippen LogP contribution in [0, 0.1) is 0 Å². The van der Waals surface area contributed by atoms with Gasteiger partial charge in [0, 0.05) is 20.2 Å². The highest BCUT2D eigenvalue weighted by atomic mass is 16.7. The highest BCUT2D eigenvalue weighted by Crippen LogP contribution is 2.21. The van der Waals surface area contributed by atoms with E-state index in [2.05, 4.69) is 5.32 Å². The Balaban J connectivity index is 2.68. The van der Waals surface area contributed by atoms with Crippen molar-refractivity contribution < 1.29 is 29.6 Å². The van der Waals surface area contributed by atoms with E-state index >= 15 is 0 Å². The molecule has 1 amide bonds. The first-order valence-corrected chi connectivity index (χ1v) is 5.23. The Kier molecular flexibility index (Phi) is 5.25. The number of nitrogens with one attached hydrogen (secondary N) is 1. The minimum atomic E-state index is -1.52. The van der Waals surface area contributed by atoms with Crippen LogP contribution in [0.5, 0.6) is 0 Å². The first-order valence-electron chi connectivity index (χ1n) is 5.23. The summed E-state index contributed by atoms with van der Waals surface area (Å²) in [4.78, 5) is 11.6. The number of aliphatic hydroxyl groups is 3. The van der Waals surface area contributed by atoms with Crippen molar-refractivity contribution >= 4 is 5.91 Å².